The van der Waals surface area contributed by atoms with Crippen LogP contribution in [0.5, 0.6) is 0 Å². The number of rotatable bonds is 6. The normalized spacial score (nSPS) is 24.9. The van der Waals surface area contributed by atoms with E-state index in [2.05, 4.69) is 24.2 Å². The number of hydrogen-bond acceptors (Lipinski definition) is 3. The van der Waals surface area contributed by atoms with Gasteiger partial charge in [0.15, 0.2) is 5.17 Å². The highest BCUT2D eigenvalue weighted by atomic mass is 32.2. The summed E-state index contributed by atoms with van der Waals surface area (Å²) in [6.45, 7) is 6.76. The third kappa shape index (κ3) is 4.00. The van der Waals surface area contributed by atoms with Gasteiger partial charge in [0.25, 0.3) is 0 Å². The van der Waals surface area contributed by atoms with Crippen molar-refractivity contribution >= 4 is 16.9 Å². The summed E-state index contributed by atoms with van der Waals surface area (Å²) in [7, 11) is 0. The Hall–Kier alpha value is -0.180. The van der Waals surface area contributed by atoms with Crippen molar-refractivity contribution in [3.63, 3.8) is 0 Å². The lowest BCUT2D eigenvalue weighted by Crippen LogP contribution is -2.21. The van der Waals surface area contributed by atoms with Crippen LogP contribution in [0, 0.1) is 11.8 Å². The predicted molar refractivity (Wildman–Crippen MR) is 73.1 cm³/mol. The van der Waals surface area contributed by atoms with Gasteiger partial charge in [-0.1, -0.05) is 38.5 Å². The summed E-state index contributed by atoms with van der Waals surface area (Å²) in [5, 5.41) is 5.49. The van der Waals surface area contributed by atoms with Crippen LogP contribution in [0.3, 0.4) is 0 Å². The van der Waals surface area contributed by atoms with Crippen molar-refractivity contribution in [1.29, 1.82) is 0 Å². The van der Waals surface area contributed by atoms with Crippen molar-refractivity contribution in [2.45, 2.75) is 51.2 Å². The van der Waals surface area contributed by atoms with E-state index in [1.807, 2.05) is 11.8 Å². The Balaban J connectivity index is 1.50. The fourth-order valence-corrected chi connectivity index (χ4v) is 3.31. The van der Waals surface area contributed by atoms with Crippen LogP contribution in [0.25, 0.3) is 0 Å². The molecule has 1 unspecified atom stereocenters. The Labute approximate surface area is 104 Å². The van der Waals surface area contributed by atoms with E-state index in [1.54, 1.807) is 0 Å². The first-order chi connectivity index (χ1) is 7.75. The SMILES string of the molecule is CC(C)CCCCNC1=NCC(C2CC2)S1. The molecule has 1 aliphatic carbocycles. The van der Waals surface area contributed by atoms with E-state index in [0.717, 1.165) is 30.2 Å². The van der Waals surface area contributed by atoms with E-state index in [0.29, 0.717) is 0 Å². The van der Waals surface area contributed by atoms with Crippen LogP contribution in [-0.2, 0) is 0 Å². The predicted octanol–water partition coefficient (Wildman–Crippen LogP) is 3.28. The van der Waals surface area contributed by atoms with Crippen LogP contribution in [0.4, 0.5) is 0 Å². The van der Waals surface area contributed by atoms with Gasteiger partial charge in [-0.15, -0.1) is 0 Å². The van der Waals surface area contributed by atoms with Gasteiger partial charge in [-0.25, -0.2) is 0 Å². The number of unbranched alkanes of at least 4 members (excludes halogenated alkanes) is 1. The zero-order valence-corrected chi connectivity index (χ0v) is 11.4. The van der Waals surface area contributed by atoms with E-state index in [-0.39, 0.29) is 0 Å². The van der Waals surface area contributed by atoms with Gasteiger partial charge in [0.05, 0.1) is 6.54 Å². The highest BCUT2D eigenvalue weighted by molar-refractivity contribution is 8.14. The molecule has 0 radical (unpaired) electrons. The summed E-state index contributed by atoms with van der Waals surface area (Å²) in [5.41, 5.74) is 0. The first kappa shape index (κ1) is 12.3. The number of aliphatic imine (C=N–C) groups is 1. The maximum absolute atomic E-state index is 4.58. The topological polar surface area (TPSA) is 24.4 Å². The molecule has 1 fully saturated rings. The molecule has 2 aliphatic rings. The van der Waals surface area contributed by atoms with Gasteiger partial charge >= 0.3 is 0 Å². The Kier molecular flexibility index (Phi) is 4.56. The van der Waals surface area contributed by atoms with Crippen molar-refractivity contribution in [2.24, 2.45) is 16.8 Å². The first-order valence-corrected chi connectivity index (χ1v) is 7.58. The molecular weight excluding hydrogens is 216 g/mol. The summed E-state index contributed by atoms with van der Waals surface area (Å²) in [6.07, 6.45) is 6.86. The van der Waals surface area contributed by atoms with E-state index in [4.69, 9.17) is 0 Å². The van der Waals surface area contributed by atoms with Crippen LogP contribution in [0.2, 0.25) is 0 Å². The molecule has 1 aliphatic heterocycles. The Bertz CT molecular complexity index is 246. The smallest absolute Gasteiger partial charge is 0.156 e. The molecule has 3 heteroatoms. The summed E-state index contributed by atoms with van der Waals surface area (Å²) < 4.78 is 0. The average molecular weight is 240 g/mol. The summed E-state index contributed by atoms with van der Waals surface area (Å²) >= 11 is 1.98. The van der Waals surface area contributed by atoms with Crippen molar-refractivity contribution in [3.8, 4) is 0 Å². The lowest BCUT2D eigenvalue weighted by atomic mass is 10.1. The van der Waals surface area contributed by atoms with Crippen LogP contribution >= 0.6 is 11.8 Å². The molecule has 16 heavy (non-hydrogen) atoms. The number of thioether (sulfide) groups is 1. The van der Waals surface area contributed by atoms with Gasteiger partial charge in [-0.3, -0.25) is 4.99 Å². The van der Waals surface area contributed by atoms with Crippen molar-refractivity contribution in [1.82, 2.24) is 5.32 Å². The van der Waals surface area contributed by atoms with Gasteiger partial charge in [0, 0.05) is 11.8 Å². The largest absolute Gasteiger partial charge is 0.365 e. The van der Waals surface area contributed by atoms with Gasteiger partial charge in [-0.05, 0) is 31.1 Å². The van der Waals surface area contributed by atoms with Gasteiger partial charge in [-0.2, -0.15) is 0 Å². The highest BCUT2D eigenvalue weighted by Gasteiger charge is 2.35. The molecule has 2 rings (SSSR count). The molecule has 0 amide bonds. The van der Waals surface area contributed by atoms with Crippen LogP contribution in [-0.4, -0.2) is 23.5 Å². The second-order valence-corrected chi connectivity index (χ2v) is 6.68. The lowest BCUT2D eigenvalue weighted by molar-refractivity contribution is 0.536. The second-order valence-electron chi connectivity index (χ2n) is 5.46. The zero-order valence-electron chi connectivity index (χ0n) is 10.5. The molecule has 1 N–H and O–H groups in total. The van der Waals surface area contributed by atoms with Crippen molar-refractivity contribution in [3.05, 3.63) is 0 Å². The molecule has 2 nitrogen and oxygen atoms in total. The number of hydrogen-bond donors (Lipinski definition) is 1. The minimum absolute atomic E-state index is 0.804. The number of amidine groups is 1. The lowest BCUT2D eigenvalue weighted by Gasteiger charge is -2.08. The molecule has 0 saturated heterocycles. The van der Waals surface area contributed by atoms with E-state index < -0.39 is 0 Å². The maximum atomic E-state index is 4.58. The Morgan fingerprint density at radius 1 is 1.38 bits per heavy atom. The highest BCUT2D eigenvalue weighted by Crippen LogP contribution is 2.41. The minimum atomic E-state index is 0.804. The molecule has 0 bridgehead atoms. The maximum Gasteiger partial charge on any atom is 0.156 e. The third-order valence-electron chi connectivity index (χ3n) is 3.31. The van der Waals surface area contributed by atoms with Crippen LogP contribution < -0.4 is 5.32 Å². The minimum Gasteiger partial charge on any atom is -0.365 e. The van der Waals surface area contributed by atoms with Crippen LogP contribution in [0.15, 0.2) is 4.99 Å². The number of nitrogens with zero attached hydrogens (tertiary/aromatic N) is 1. The third-order valence-corrected chi connectivity index (χ3v) is 4.64. The molecule has 1 heterocycles. The van der Waals surface area contributed by atoms with Crippen LogP contribution in [0.1, 0.15) is 46.0 Å². The summed E-state index contributed by atoms with van der Waals surface area (Å²) in [5.74, 6) is 1.83. The Morgan fingerprint density at radius 2 is 2.19 bits per heavy atom. The fourth-order valence-electron chi connectivity index (χ4n) is 2.07. The molecule has 92 valence electrons. The molecular formula is C13H24N2S. The molecule has 0 aromatic carbocycles. The van der Waals surface area contributed by atoms with E-state index in [1.165, 1.54) is 37.3 Å². The van der Waals surface area contributed by atoms with Crippen molar-refractivity contribution < 1.29 is 0 Å². The monoisotopic (exact) mass is 240 g/mol. The second kappa shape index (κ2) is 5.95. The Morgan fingerprint density at radius 3 is 2.88 bits per heavy atom. The standard InChI is InChI=1S/C13H24N2S/c1-10(2)5-3-4-8-14-13-15-9-12(16-13)11-6-7-11/h10-12H,3-9H2,1-2H3,(H,14,15). The van der Waals surface area contributed by atoms with Gasteiger partial charge in [0.1, 0.15) is 0 Å². The summed E-state index contributed by atoms with van der Waals surface area (Å²) in [4.78, 5) is 4.58. The van der Waals surface area contributed by atoms with E-state index >= 15 is 0 Å². The molecule has 0 aromatic rings. The van der Waals surface area contributed by atoms with E-state index in [9.17, 15) is 0 Å². The first-order valence-electron chi connectivity index (χ1n) is 6.70. The quantitative estimate of drug-likeness (QED) is 0.721. The van der Waals surface area contributed by atoms with Gasteiger partial charge < -0.3 is 5.32 Å². The molecule has 1 atom stereocenters. The zero-order chi connectivity index (χ0) is 11.4. The fraction of sp³-hybridized carbons (Fsp3) is 0.923. The summed E-state index contributed by atoms with van der Waals surface area (Å²) in [6, 6.07) is 0. The van der Waals surface area contributed by atoms with Gasteiger partial charge in [0.2, 0.25) is 0 Å². The molecule has 0 spiro atoms. The average Bonchev–Trinajstić information content (AvgIpc) is 2.99. The molecule has 0 aromatic heterocycles. The van der Waals surface area contributed by atoms with Crippen molar-refractivity contribution in [2.75, 3.05) is 13.1 Å². The molecule has 1 saturated carbocycles. The number of nitrogens with one attached hydrogen (secondary N) is 1.